The van der Waals surface area contributed by atoms with Crippen molar-refractivity contribution in [1.82, 2.24) is 10.1 Å². The van der Waals surface area contributed by atoms with Crippen LogP contribution in [0.2, 0.25) is 0 Å². The number of para-hydroxylation sites is 1. The van der Waals surface area contributed by atoms with Crippen LogP contribution in [-0.4, -0.2) is 18.6 Å². The van der Waals surface area contributed by atoms with Crippen LogP contribution in [0.1, 0.15) is 11.5 Å². The van der Waals surface area contributed by atoms with Gasteiger partial charge >= 0.3 is 0 Å². The monoisotopic (exact) mass is 433 g/mol. The maximum absolute atomic E-state index is 13.9. The average molecular weight is 433 g/mol. The number of rotatable bonds is 6. The number of halogens is 2. The van der Waals surface area contributed by atoms with Gasteiger partial charge in [-0.15, -0.1) is 11.3 Å². The van der Waals surface area contributed by atoms with Crippen LogP contribution in [0.25, 0.3) is 10.7 Å². The van der Waals surface area contributed by atoms with E-state index in [0.717, 1.165) is 17.0 Å². The average Bonchev–Trinajstić information content (AvgIpc) is 3.34. The summed E-state index contributed by atoms with van der Waals surface area (Å²) in [6.45, 7) is 0. The van der Waals surface area contributed by atoms with Gasteiger partial charge in [0.05, 0.1) is 17.0 Å². The van der Waals surface area contributed by atoms with Gasteiger partial charge < -0.3 is 4.52 Å². The van der Waals surface area contributed by atoms with E-state index in [2.05, 4.69) is 14.9 Å². The number of nitrogens with one attached hydrogen (secondary N) is 1. The lowest BCUT2D eigenvalue weighted by Gasteiger charge is -2.12. The van der Waals surface area contributed by atoms with E-state index in [1.165, 1.54) is 17.4 Å². The highest BCUT2D eigenvalue weighted by atomic mass is 32.2. The van der Waals surface area contributed by atoms with E-state index >= 15 is 0 Å². The minimum absolute atomic E-state index is 0.170. The summed E-state index contributed by atoms with van der Waals surface area (Å²) in [4.78, 5) is 4.52. The lowest BCUT2D eigenvalue weighted by molar-refractivity contribution is 0.386. The lowest BCUT2D eigenvalue weighted by Crippen LogP contribution is -2.16. The summed E-state index contributed by atoms with van der Waals surface area (Å²) in [7, 11) is -4.26. The Morgan fingerprint density at radius 3 is 2.66 bits per heavy atom. The van der Waals surface area contributed by atoms with Gasteiger partial charge in [0, 0.05) is 6.07 Å². The van der Waals surface area contributed by atoms with Gasteiger partial charge in [-0.25, -0.2) is 17.2 Å². The Morgan fingerprint density at radius 1 is 1.07 bits per heavy atom. The number of benzene rings is 2. The molecule has 29 heavy (non-hydrogen) atoms. The Labute approximate surface area is 168 Å². The summed E-state index contributed by atoms with van der Waals surface area (Å²) in [6.07, 6.45) is 0.170. The molecule has 0 fully saturated rings. The third-order valence-corrected chi connectivity index (χ3v) is 6.26. The normalized spacial score (nSPS) is 11.5. The van der Waals surface area contributed by atoms with E-state index in [1.54, 1.807) is 18.2 Å². The molecule has 1 N–H and O–H groups in total. The fourth-order valence-electron chi connectivity index (χ4n) is 2.66. The molecule has 0 aliphatic carbocycles. The first kappa shape index (κ1) is 19.2. The summed E-state index contributed by atoms with van der Waals surface area (Å²) in [5.41, 5.74) is 0.784. The first-order chi connectivity index (χ1) is 13.9. The van der Waals surface area contributed by atoms with Gasteiger partial charge in [-0.3, -0.25) is 4.72 Å². The van der Waals surface area contributed by atoms with Crippen LogP contribution in [0.5, 0.6) is 0 Å². The molecule has 0 saturated heterocycles. The molecule has 0 bridgehead atoms. The van der Waals surface area contributed by atoms with Crippen LogP contribution < -0.4 is 4.72 Å². The first-order valence-corrected chi connectivity index (χ1v) is 10.7. The van der Waals surface area contributed by atoms with Crippen molar-refractivity contribution >= 4 is 27.0 Å². The fraction of sp³-hybridized carbons (Fsp3) is 0.0526. The van der Waals surface area contributed by atoms with E-state index in [9.17, 15) is 17.2 Å². The highest BCUT2D eigenvalue weighted by Gasteiger charge is 2.21. The van der Waals surface area contributed by atoms with E-state index < -0.39 is 26.6 Å². The molecule has 6 nitrogen and oxygen atoms in total. The number of hydrogen-bond acceptors (Lipinski definition) is 6. The molecule has 0 aliphatic heterocycles. The van der Waals surface area contributed by atoms with E-state index in [4.69, 9.17) is 4.52 Å². The topological polar surface area (TPSA) is 85.1 Å². The highest BCUT2D eigenvalue weighted by Crippen LogP contribution is 2.26. The van der Waals surface area contributed by atoms with Crippen LogP contribution in [0.15, 0.2) is 69.4 Å². The molecular weight excluding hydrogens is 420 g/mol. The van der Waals surface area contributed by atoms with E-state index in [0.29, 0.717) is 23.3 Å². The third-order valence-electron chi connectivity index (χ3n) is 4.00. The van der Waals surface area contributed by atoms with Gasteiger partial charge in [0.1, 0.15) is 16.5 Å². The SMILES string of the molecule is O=S(=O)(Nc1ccccc1Cc1nc(-c2cccs2)no1)c1ccc(F)cc1F. The quantitative estimate of drug-likeness (QED) is 0.485. The Kier molecular flexibility index (Phi) is 5.12. The molecule has 0 radical (unpaired) electrons. The second-order valence-corrected chi connectivity index (χ2v) is 8.60. The van der Waals surface area contributed by atoms with Crippen molar-refractivity contribution in [1.29, 1.82) is 0 Å². The summed E-state index contributed by atoms with van der Waals surface area (Å²) >= 11 is 1.47. The van der Waals surface area contributed by atoms with Gasteiger partial charge in [0.15, 0.2) is 0 Å². The molecular formula is C19H13F2N3O3S2. The fourth-order valence-corrected chi connectivity index (χ4v) is 4.47. The van der Waals surface area contributed by atoms with Gasteiger partial charge in [0.25, 0.3) is 10.0 Å². The van der Waals surface area contributed by atoms with Crippen molar-refractivity contribution < 1.29 is 21.7 Å². The van der Waals surface area contributed by atoms with Gasteiger partial charge in [-0.2, -0.15) is 4.98 Å². The first-order valence-electron chi connectivity index (χ1n) is 8.34. The van der Waals surface area contributed by atoms with Crippen LogP contribution in [0.4, 0.5) is 14.5 Å². The molecule has 4 rings (SSSR count). The number of hydrogen-bond donors (Lipinski definition) is 1. The van der Waals surface area contributed by atoms with Crippen LogP contribution in [0.3, 0.4) is 0 Å². The van der Waals surface area contributed by atoms with Crippen molar-refractivity contribution in [3.63, 3.8) is 0 Å². The maximum Gasteiger partial charge on any atom is 0.264 e. The van der Waals surface area contributed by atoms with E-state index in [-0.39, 0.29) is 12.1 Å². The molecule has 0 amide bonds. The molecule has 0 saturated carbocycles. The number of nitrogens with zero attached hydrogens (tertiary/aromatic N) is 2. The molecule has 2 aromatic carbocycles. The van der Waals surface area contributed by atoms with Crippen molar-refractivity contribution in [2.45, 2.75) is 11.3 Å². The zero-order valence-electron chi connectivity index (χ0n) is 14.7. The Balaban J connectivity index is 1.60. The molecule has 0 unspecified atom stereocenters. The molecule has 148 valence electrons. The molecule has 0 atom stereocenters. The number of thiophene rings is 1. The second kappa shape index (κ2) is 7.72. The Bertz CT molecular complexity index is 1260. The second-order valence-electron chi connectivity index (χ2n) is 6.00. The molecule has 0 aliphatic rings. The number of aromatic nitrogens is 2. The predicted octanol–water partition coefficient (Wildman–Crippen LogP) is 4.47. The molecule has 4 aromatic rings. The molecule has 2 aromatic heterocycles. The van der Waals surface area contributed by atoms with Crippen molar-refractivity contribution in [3.8, 4) is 10.7 Å². The third kappa shape index (κ3) is 4.17. The Morgan fingerprint density at radius 2 is 1.90 bits per heavy atom. The lowest BCUT2D eigenvalue weighted by atomic mass is 10.1. The zero-order valence-corrected chi connectivity index (χ0v) is 16.3. The van der Waals surface area contributed by atoms with Gasteiger partial charge in [0.2, 0.25) is 11.7 Å². The van der Waals surface area contributed by atoms with Gasteiger partial charge in [-0.05, 0) is 35.2 Å². The minimum Gasteiger partial charge on any atom is -0.339 e. The summed E-state index contributed by atoms with van der Waals surface area (Å²) < 4.78 is 59.8. The summed E-state index contributed by atoms with van der Waals surface area (Å²) in [5.74, 6) is -1.29. The predicted molar refractivity (Wildman–Crippen MR) is 104 cm³/mol. The van der Waals surface area contributed by atoms with Gasteiger partial charge in [-0.1, -0.05) is 29.4 Å². The Hall–Kier alpha value is -3.11. The maximum atomic E-state index is 13.9. The highest BCUT2D eigenvalue weighted by molar-refractivity contribution is 7.92. The number of anilines is 1. The zero-order chi connectivity index (χ0) is 20.4. The van der Waals surface area contributed by atoms with Crippen molar-refractivity contribution in [3.05, 3.63) is 83.1 Å². The molecule has 2 heterocycles. The summed E-state index contributed by atoms with van der Waals surface area (Å²) in [6, 6.07) is 12.6. The largest absolute Gasteiger partial charge is 0.339 e. The van der Waals surface area contributed by atoms with Crippen LogP contribution >= 0.6 is 11.3 Å². The van der Waals surface area contributed by atoms with Crippen LogP contribution in [0, 0.1) is 11.6 Å². The smallest absolute Gasteiger partial charge is 0.264 e. The molecule has 0 spiro atoms. The van der Waals surface area contributed by atoms with Crippen LogP contribution in [-0.2, 0) is 16.4 Å². The molecule has 10 heteroatoms. The van der Waals surface area contributed by atoms with E-state index in [1.807, 2.05) is 17.5 Å². The number of sulfonamides is 1. The summed E-state index contributed by atoms with van der Waals surface area (Å²) in [5, 5.41) is 5.82. The standard InChI is InChI=1S/C19H13F2N3O3S2/c20-13-7-8-17(14(21)11-13)29(25,26)24-15-5-2-1-4-12(15)10-18-22-19(23-27-18)16-6-3-9-28-16/h1-9,11,24H,10H2. The van der Waals surface area contributed by atoms with Crippen molar-refractivity contribution in [2.24, 2.45) is 0 Å². The van der Waals surface area contributed by atoms with Crippen molar-refractivity contribution in [2.75, 3.05) is 4.72 Å². The minimum atomic E-state index is -4.26.